The smallest absolute Gasteiger partial charge is 0.271 e. The average Bonchev–Trinajstić information content (AvgIpc) is 2.87. The van der Waals surface area contributed by atoms with Gasteiger partial charge in [0.05, 0.1) is 6.33 Å². The zero-order chi connectivity index (χ0) is 13.7. The first-order chi connectivity index (χ1) is 9.19. The highest BCUT2D eigenvalue weighted by Crippen LogP contribution is 2.03. The third-order valence-electron chi connectivity index (χ3n) is 2.62. The summed E-state index contributed by atoms with van der Waals surface area (Å²) in [7, 11) is 0. The van der Waals surface area contributed by atoms with E-state index in [9.17, 15) is 9.18 Å². The fourth-order valence-corrected chi connectivity index (χ4v) is 1.62. The van der Waals surface area contributed by atoms with E-state index in [0.29, 0.717) is 25.3 Å². The third-order valence-corrected chi connectivity index (χ3v) is 2.62. The van der Waals surface area contributed by atoms with Crippen molar-refractivity contribution in [3.05, 3.63) is 53.9 Å². The Bertz CT molecular complexity index is 550. The molecule has 1 aromatic carbocycles. The summed E-state index contributed by atoms with van der Waals surface area (Å²) >= 11 is 0. The molecule has 0 atom stereocenters. The van der Waals surface area contributed by atoms with E-state index in [1.807, 2.05) is 0 Å². The second kappa shape index (κ2) is 6.10. The molecule has 2 rings (SSSR count). The number of nitrogens with one attached hydrogen (secondary N) is 1. The van der Waals surface area contributed by atoms with Gasteiger partial charge in [-0.1, -0.05) is 12.1 Å². The first kappa shape index (κ1) is 13.2. The molecule has 0 saturated heterocycles. The third kappa shape index (κ3) is 3.62. The van der Waals surface area contributed by atoms with Gasteiger partial charge in [-0.25, -0.2) is 9.37 Å². The van der Waals surface area contributed by atoms with Crippen LogP contribution in [0.25, 0.3) is 0 Å². The number of imidazole rings is 1. The summed E-state index contributed by atoms with van der Waals surface area (Å²) in [5, 5.41) is 2.72. The average molecular weight is 262 g/mol. The number of benzene rings is 1. The topological polar surface area (TPSA) is 72.9 Å². The van der Waals surface area contributed by atoms with Gasteiger partial charge in [0.25, 0.3) is 5.91 Å². The van der Waals surface area contributed by atoms with Crippen molar-refractivity contribution < 1.29 is 9.18 Å². The molecule has 0 fully saturated rings. The first-order valence-electron chi connectivity index (χ1n) is 5.93. The Hall–Kier alpha value is -2.21. The van der Waals surface area contributed by atoms with Gasteiger partial charge in [-0.15, -0.1) is 0 Å². The SMILES string of the molecule is NCCn1cnc(C(=O)NCc2ccc(F)cc2)c1. The summed E-state index contributed by atoms with van der Waals surface area (Å²) < 4.78 is 14.5. The van der Waals surface area contributed by atoms with Gasteiger partial charge >= 0.3 is 0 Å². The molecule has 100 valence electrons. The zero-order valence-corrected chi connectivity index (χ0v) is 10.3. The van der Waals surface area contributed by atoms with Crippen molar-refractivity contribution in [3.63, 3.8) is 0 Å². The number of nitrogens with two attached hydrogens (primary N) is 1. The molecule has 5 nitrogen and oxygen atoms in total. The number of hydrogen-bond acceptors (Lipinski definition) is 3. The van der Waals surface area contributed by atoms with Crippen molar-refractivity contribution in [2.45, 2.75) is 13.1 Å². The normalized spacial score (nSPS) is 10.4. The Kier molecular flexibility index (Phi) is 4.25. The maximum atomic E-state index is 12.7. The number of carbonyl (C=O) groups excluding carboxylic acids is 1. The van der Waals surface area contributed by atoms with Crippen LogP contribution < -0.4 is 11.1 Å². The van der Waals surface area contributed by atoms with Gasteiger partial charge in [0.1, 0.15) is 11.5 Å². The molecule has 1 heterocycles. The molecule has 3 N–H and O–H groups in total. The molecule has 0 saturated carbocycles. The van der Waals surface area contributed by atoms with Crippen LogP contribution in [0.15, 0.2) is 36.8 Å². The fraction of sp³-hybridized carbons (Fsp3) is 0.231. The summed E-state index contributed by atoms with van der Waals surface area (Å²) in [4.78, 5) is 15.8. The van der Waals surface area contributed by atoms with Gasteiger partial charge in [0.2, 0.25) is 0 Å². The van der Waals surface area contributed by atoms with Crippen molar-refractivity contribution in [1.82, 2.24) is 14.9 Å². The Morgan fingerprint density at radius 3 is 2.79 bits per heavy atom. The van der Waals surface area contributed by atoms with E-state index >= 15 is 0 Å². The van der Waals surface area contributed by atoms with Crippen LogP contribution in [0.5, 0.6) is 0 Å². The lowest BCUT2D eigenvalue weighted by atomic mass is 10.2. The molecule has 2 aromatic rings. The highest BCUT2D eigenvalue weighted by molar-refractivity contribution is 5.91. The van der Waals surface area contributed by atoms with E-state index in [1.54, 1.807) is 29.2 Å². The number of nitrogens with zero attached hydrogens (tertiary/aromatic N) is 2. The van der Waals surface area contributed by atoms with Crippen LogP contribution in [0.1, 0.15) is 16.1 Å². The van der Waals surface area contributed by atoms with Gasteiger partial charge in [-0.3, -0.25) is 4.79 Å². The number of aromatic nitrogens is 2. The largest absolute Gasteiger partial charge is 0.347 e. The predicted molar refractivity (Wildman–Crippen MR) is 68.9 cm³/mol. The second-order valence-electron chi connectivity index (χ2n) is 4.09. The minimum atomic E-state index is -0.296. The standard InChI is InChI=1S/C13H15FN4O/c14-11-3-1-10(2-4-11)7-16-13(19)12-8-18(6-5-15)9-17-12/h1-4,8-9H,5-7,15H2,(H,16,19). The van der Waals surface area contributed by atoms with E-state index in [0.717, 1.165) is 5.56 Å². The van der Waals surface area contributed by atoms with E-state index in [4.69, 9.17) is 5.73 Å². The Morgan fingerprint density at radius 2 is 2.11 bits per heavy atom. The minimum Gasteiger partial charge on any atom is -0.347 e. The summed E-state index contributed by atoms with van der Waals surface area (Å²) in [5.41, 5.74) is 6.59. The molecule has 6 heteroatoms. The first-order valence-corrected chi connectivity index (χ1v) is 5.93. The summed E-state index contributed by atoms with van der Waals surface area (Å²) in [6.45, 7) is 1.45. The quantitative estimate of drug-likeness (QED) is 0.841. The van der Waals surface area contributed by atoms with Crippen LogP contribution >= 0.6 is 0 Å². The lowest BCUT2D eigenvalue weighted by molar-refractivity contribution is 0.0946. The van der Waals surface area contributed by atoms with Crippen LogP contribution in [0.2, 0.25) is 0 Å². The molecule has 0 unspecified atom stereocenters. The molecule has 0 aliphatic heterocycles. The summed E-state index contributed by atoms with van der Waals surface area (Å²) in [6.07, 6.45) is 3.21. The van der Waals surface area contributed by atoms with E-state index in [-0.39, 0.29) is 11.7 Å². The van der Waals surface area contributed by atoms with Crippen LogP contribution in [-0.2, 0) is 13.1 Å². The molecule has 0 radical (unpaired) electrons. The Labute approximate surface area is 110 Å². The maximum absolute atomic E-state index is 12.7. The number of rotatable bonds is 5. The minimum absolute atomic E-state index is 0.264. The summed E-state index contributed by atoms with van der Waals surface area (Å²) in [6, 6.07) is 5.97. The Morgan fingerprint density at radius 1 is 1.37 bits per heavy atom. The van der Waals surface area contributed by atoms with E-state index < -0.39 is 0 Å². The molecular formula is C13H15FN4O. The van der Waals surface area contributed by atoms with Crippen molar-refractivity contribution >= 4 is 5.91 Å². The highest BCUT2D eigenvalue weighted by atomic mass is 19.1. The summed E-state index contributed by atoms with van der Waals surface area (Å²) in [5.74, 6) is -0.560. The van der Waals surface area contributed by atoms with E-state index in [1.165, 1.54) is 12.1 Å². The highest BCUT2D eigenvalue weighted by Gasteiger charge is 2.08. The van der Waals surface area contributed by atoms with Gasteiger partial charge in [0.15, 0.2) is 0 Å². The van der Waals surface area contributed by atoms with Gasteiger partial charge in [0, 0.05) is 25.8 Å². The molecule has 0 bridgehead atoms. The van der Waals surface area contributed by atoms with E-state index in [2.05, 4.69) is 10.3 Å². The van der Waals surface area contributed by atoms with Crippen LogP contribution in [0.4, 0.5) is 4.39 Å². The molecular weight excluding hydrogens is 247 g/mol. The van der Waals surface area contributed by atoms with Gasteiger partial charge in [-0.05, 0) is 17.7 Å². The van der Waals surface area contributed by atoms with Gasteiger partial charge < -0.3 is 15.6 Å². The molecule has 19 heavy (non-hydrogen) atoms. The monoisotopic (exact) mass is 262 g/mol. The van der Waals surface area contributed by atoms with Crippen molar-refractivity contribution in [3.8, 4) is 0 Å². The zero-order valence-electron chi connectivity index (χ0n) is 10.3. The maximum Gasteiger partial charge on any atom is 0.271 e. The van der Waals surface area contributed by atoms with Crippen molar-refractivity contribution in [2.24, 2.45) is 5.73 Å². The number of amides is 1. The fourth-order valence-electron chi connectivity index (χ4n) is 1.62. The number of halogens is 1. The van der Waals surface area contributed by atoms with Crippen LogP contribution in [0.3, 0.4) is 0 Å². The van der Waals surface area contributed by atoms with Crippen LogP contribution in [0, 0.1) is 5.82 Å². The molecule has 0 aliphatic rings. The molecule has 0 aliphatic carbocycles. The predicted octanol–water partition coefficient (Wildman–Crippen LogP) is 0.911. The number of carbonyl (C=O) groups is 1. The van der Waals surface area contributed by atoms with Crippen LogP contribution in [-0.4, -0.2) is 22.0 Å². The molecule has 1 aromatic heterocycles. The number of hydrogen-bond donors (Lipinski definition) is 2. The lowest BCUT2D eigenvalue weighted by Crippen LogP contribution is -2.23. The second-order valence-corrected chi connectivity index (χ2v) is 4.09. The van der Waals surface area contributed by atoms with Gasteiger partial charge in [-0.2, -0.15) is 0 Å². The lowest BCUT2D eigenvalue weighted by Gasteiger charge is -2.03. The molecule has 0 spiro atoms. The Balaban J connectivity index is 1.91. The molecule has 1 amide bonds. The van der Waals surface area contributed by atoms with Crippen molar-refractivity contribution in [1.29, 1.82) is 0 Å². The van der Waals surface area contributed by atoms with Crippen molar-refractivity contribution in [2.75, 3.05) is 6.54 Å².